The topological polar surface area (TPSA) is 64.3 Å². The van der Waals surface area contributed by atoms with Crippen molar-refractivity contribution in [3.8, 4) is 0 Å². The molecule has 0 radical (unpaired) electrons. The van der Waals surface area contributed by atoms with E-state index < -0.39 is 0 Å². The highest BCUT2D eigenvalue weighted by Crippen LogP contribution is 2.08. The molecule has 1 aliphatic heterocycles. The number of ether oxygens (including phenoxy) is 1. The molecule has 0 unspecified atom stereocenters. The second-order valence-corrected chi connectivity index (χ2v) is 1.74. The summed E-state index contributed by atoms with van der Waals surface area (Å²) in [7, 11) is 0. The summed E-state index contributed by atoms with van der Waals surface area (Å²) in [5, 5.41) is 0. The highest BCUT2D eigenvalue weighted by Gasteiger charge is 2.25. The summed E-state index contributed by atoms with van der Waals surface area (Å²) < 4.78 is 4.74. The van der Waals surface area contributed by atoms with Crippen LogP contribution in [-0.4, -0.2) is 19.1 Å². The second kappa shape index (κ2) is 2.11. The van der Waals surface area contributed by atoms with Crippen LogP contribution in [0.25, 0.3) is 0 Å². The molecular weight excluding hydrogens is 108 g/mol. The van der Waals surface area contributed by atoms with Gasteiger partial charge in [0.05, 0.1) is 19.1 Å². The van der Waals surface area contributed by atoms with E-state index in [9.17, 15) is 4.79 Å². The molecule has 3 N–H and O–H groups in total. The van der Waals surface area contributed by atoms with E-state index in [4.69, 9.17) is 10.6 Å². The first-order chi connectivity index (χ1) is 3.84. The fourth-order valence-electron chi connectivity index (χ4n) is 0.505. The molecule has 0 atom stereocenters. The van der Waals surface area contributed by atoms with Gasteiger partial charge in [-0.15, -0.1) is 0 Å². The molecule has 0 aromatic carbocycles. The van der Waals surface area contributed by atoms with Crippen molar-refractivity contribution >= 4 is 5.91 Å². The lowest BCUT2D eigenvalue weighted by atomic mass is 10.1. The van der Waals surface area contributed by atoms with Crippen molar-refractivity contribution in [2.75, 3.05) is 13.2 Å². The maximum atomic E-state index is 10.5. The van der Waals surface area contributed by atoms with Crippen LogP contribution in [0.3, 0.4) is 0 Å². The standard InChI is InChI=1S/C4H8N2O2/c5-6-4(7)3-1-8-2-3/h3H,1-2,5H2,(H,6,7). The van der Waals surface area contributed by atoms with Crippen LogP contribution in [0, 0.1) is 5.92 Å². The summed E-state index contributed by atoms with van der Waals surface area (Å²) in [5.74, 6) is 4.70. The van der Waals surface area contributed by atoms with Gasteiger partial charge in [0.15, 0.2) is 0 Å². The Hall–Kier alpha value is -0.610. The van der Waals surface area contributed by atoms with Gasteiger partial charge in [0, 0.05) is 0 Å². The number of amides is 1. The molecule has 1 saturated heterocycles. The Morgan fingerprint density at radius 2 is 2.38 bits per heavy atom. The van der Waals surface area contributed by atoms with Crippen LogP contribution in [0.2, 0.25) is 0 Å². The first-order valence-corrected chi connectivity index (χ1v) is 2.43. The molecule has 46 valence electrons. The highest BCUT2D eigenvalue weighted by atomic mass is 16.5. The number of hydrazine groups is 1. The highest BCUT2D eigenvalue weighted by molar-refractivity contribution is 5.78. The second-order valence-electron chi connectivity index (χ2n) is 1.74. The van der Waals surface area contributed by atoms with E-state index in [1.807, 2.05) is 5.43 Å². The van der Waals surface area contributed by atoms with E-state index in [0.717, 1.165) is 0 Å². The average molecular weight is 116 g/mol. The van der Waals surface area contributed by atoms with Gasteiger partial charge >= 0.3 is 0 Å². The summed E-state index contributed by atoms with van der Waals surface area (Å²) in [6.07, 6.45) is 0. The summed E-state index contributed by atoms with van der Waals surface area (Å²) >= 11 is 0. The van der Waals surface area contributed by atoms with E-state index in [1.54, 1.807) is 0 Å². The SMILES string of the molecule is NNC(=O)C1COC1. The van der Waals surface area contributed by atoms with Gasteiger partial charge < -0.3 is 4.74 Å². The minimum Gasteiger partial charge on any atom is -0.380 e. The van der Waals surface area contributed by atoms with Crippen LogP contribution in [0.15, 0.2) is 0 Å². The Labute approximate surface area is 47.0 Å². The van der Waals surface area contributed by atoms with Crippen LogP contribution in [0.5, 0.6) is 0 Å². The molecule has 0 bridgehead atoms. The molecule has 0 aromatic heterocycles. The van der Waals surface area contributed by atoms with E-state index in [2.05, 4.69) is 0 Å². The lowest BCUT2D eigenvalue weighted by Gasteiger charge is -2.23. The number of carbonyl (C=O) groups excluding carboxylic acids is 1. The Morgan fingerprint density at radius 3 is 2.50 bits per heavy atom. The number of carbonyl (C=O) groups is 1. The lowest BCUT2D eigenvalue weighted by Crippen LogP contribution is -2.44. The van der Waals surface area contributed by atoms with Gasteiger partial charge in [-0.3, -0.25) is 10.2 Å². The number of hydrogen-bond donors (Lipinski definition) is 2. The first kappa shape index (κ1) is 5.53. The van der Waals surface area contributed by atoms with Crippen LogP contribution in [0.4, 0.5) is 0 Å². The summed E-state index contributed by atoms with van der Waals surface area (Å²) in [4.78, 5) is 10.5. The van der Waals surface area contributed by atoms with Crippen LogP contribution >= 0.6 is 0 Å². The monoisotopic (exact) mass is 116 g/mol. The Morgan fingerprint density at radius 1 is 1.75 bits per heavy atom. The molecule has 1 heterocycles. The number of rotatable bonds is 1. The van der Waals surface area contributed by atoms with Crippen molar-refractivity contribution < 1.29 is 9.53 Å². The van der Waals surface area contributed by atoms with Gasteiger partial charge in [-0.05, 0) is 0 Å². The number of nitrogens with two attached hydrogens (primary N) is 1. The van der Waals surface area contributed by atoms with Crippen LogP contribution in [0.1, 0.15) is 0 Å². The molecule has 0 aliphatic carbocycles. The molecule has 1 amide bonds. The third-order valence-corrected chi connectivity index (χ3v) is 1.15. The van der Waals surface area contributed by atoms with E-state index in [1.165, 1.54) is 0 Å². The van der Waals surface area contributed by atoms with Crippen molar-refractivity contribution in [3.63, 3.8) is 0 Å². The minimum absolute atomic E-state index is 0.000000000000000222. The smallest absolute Gasteiger partial charge is 0.241 e. The van der Waals surface area contributed by atoms with Gasteiger partial charge in [0.1, 0.15) is 0 Å². The number of nitrogens with one attached hydrogen (secondary N) is 1. The van der Waals surface area contributed by atoms with Gasteiger partial charge in [-0.25, -0.2) is 5.84 Å². The quantitative estimate of drug-likeness (QED) is 0.252. The fraction of sp³-hybridized carbons (Fsp3) is 0.750. The van der Waals surface area contributed by atoms with Crippen LogP contribution < -0.4 is 11.3 Å². The zero-order valence-corrected chi connectivity index (χ0v) is 4.39. The summed E-state index contributed by atoms with van der Waals surface area (Å²) in [6.45, 7) is 1.03. The van der Waals surface area contributed by atoms with E-state index in [0.29, 0.717) is 13.2 Å². The minimum atomic E-state index is -0.128. The molecule has 1 aliphatic rings. The van der Waals surface area contributed by atoms with Crippen molar-refractivity contribution in [2.24, 2.45) is 11.8 Å². The Balaban J connectivity index is 2.24. The van der Waals surface area contributed by atoms with Gasteiger partial charge in [-0.2, -0.15) is 0 Å². The first-order valence-electron chi connectivity index (χ1n) is 2.43. The molecule has 0 aromatic rings. The van der Waals surface area contributed by atoms with Crippen molar-refractivity contribution in [2.45, 2.75) is 0 Å². The predicted molar refractivity (Wildman–Crippen MR) is 26.6 cm³/mol. The summed E-state index contributed by atoms with van der Waals surface area (Å²) in [5.41, 5.74) is 2.05. The Kier molecular flexibility index (Phi) is 1.45. The summed E-state index contributed by atoms with van der Waals surface area (Å²) in [6, 6.07) is 0. The lowest BCUT2D eigenvalue weighted by molar-refractivity contribution is -0.138. The predicted octanol–water partition coefficient (Wildman–Crippen LogP) is -1.38. The molecule has 8 heavy (non-hydrogen) atoms. The number of hydrogen-bond acceptors (Lipinski definition) is 3. The van der Waals surface area contributed by atoms with Gasteiger partial charge in [0.25, 0.3) is 0 Å². The van der Waals surface area contributed by atoms with Crippen LogP contribution in [-0.2, 0) is 9.53 Å². The van der Waals surface area contributed by atoms with Crippen molar-refractivity contribution in [3.05, 3.63) is 0 Å². The maximum Gasteiger partial charge on any atom is 0.241 e. The molecule has 0 saturated carbocycles. The fourth-order valence-corrected chi connectivity index (χ4v) is 0.505. The van der Waals surface area contributed by atoms with E-state index in [-0.39, 0.29) is 11.8 Å². The molecule has 1 rings (SSSR count). The largest absolute Gasteiger partial charge is 0.380 e. The van der Waals surface area contributed by atoms with Crippen molar-refractivity contribution in [1.82, 2.24) is 5.43 Å². The molecule has 4 heteroatoms. The zero-order chi connectivity index (χ0) is 5.98. The van der Waals surface area contributed by atoms with Crippen molar-refractivity contribution in [1.29, 1.82) is 0 Å². The molecule has 1 fully saturated rings. The van der Waals surface area contributed by atoms with Gasteiger partial charge in [-0.1, -0.05) is 0 Å². The Bertz CT molecular complexity index is 100. The normalized spacial score (nSPS) is 19.6. The average Bonchev–Trinajstić information content (AvgIpc) is 1.62. The molecule has 4 nitrogen and oxygen atoms in total. The molecular formula is C4H8N2O2. The molecule has 0 spiro atoms. The van der Waals surface area contributed by atoms with E-state index >= 15 is 0 Å². The van der Waals surface area contributed by atoms with Gasteiger partial charge in [0.2, 0.25) is 5.91 Å². The zero-order valence-electron chi connectivity index (χ0n) is 4.39. The maximum absolute atomic E-state index is 10.5. The third-order valence-electron chi connectivity index (χ3n) is 1.15. The third kappa shape index (κ3) is 0.801.